The van der Waals surface area contributed by atoms with E-state index in [4.69, 9.17) is 0 Å². The van der Waals surface area contributed by atoms with E-state index in [1.807, 2.05) is 0 Å². The average molecular weight is 362 g/mol. The number of carbonyl (C=O) groups is 1. The predicted octanol–water partition coefficient (Wildman–Crippen LogP) is 2.82. The van der Waals surface area contributed by atoms with Gasteiger partial charge in [0.05, 0.1) is 16.9 Å². The summed E-state index contributed by atoms with van der Waals surface area (Å²) in [5.41, 5.74) is 0.905. The molecule has 1 heterocycles. The Morgan fingerprint density at radius 1 is 1.23 bits per heavy atom. The molecule has 3 aromatic rings. The SMILES string of the molecule is O=C(Nc1ccccc1F)c1cc(Br)ccc1-n1cnnn1. The molecule has 0 aliphatic carbocycles. The molecule has 1 amide bonds. The second-order valence-electron chi connectivity index (χ2n) is 4.35. The Labute approximate surface area is 133 Å². The van der Waals surface area contributed by atoms with Crippen LogP contribution in [0.3, 0.4) is 0 Å². The molecule has 0 atom stereocenters. The molecule has 0 saturated heterocycles. The summed E-state index contributed by atoms with van der Waals surface area (Å²) in [7, 11) is 0. The zero-order valence-electron chi connectivity index (χ0n) is 11.1. The number of benzene rings is 2. The second kappa shape index (κ2) is 6.02. The van der Waals surface area contributed by atoms with E-state index in [2.05, 4.69) is 36.8 Å². The smallest absolute Gasteiger partial charge is 0.257 e. The highest BCUT2D eigenvalue weighted by Gasteiger charge is 2.16. The van der Waals surface area contributed by atoms with Crippen LogP contribution in [0.5, 0.6) is 0 Å². The van der Waals surface area contributed by atoms with Crippen molar-refractivity contribution in [1.29, 1.82) is 0 Å². The van der Waals surface area contributed by atoms with Crippen LogP contribution in [-0.4, -0.2) is 26.1 Å². The number of hydrogen-bond donors (Lipinski definition) is 1. The lowest BCUT2D eigenvalue weighted by molar-refractivity contribution is 0.102. The highest BCUT2D eigenvalue weighted by Crippen LogP contribution is 2.21. The maximum atomic E-state index is 13.7. The molecule has 1 aromatic heterocycles. The normalized spacial score (nSPS) is 10.5. The summed E-state index contributed by atoms with van der Waals surface area (Å²) in [6.07, 6.45) is 1.38. The summed E-state index contributed by atoms with van der Waals surface area (Å²) in [5.74, 6) is -0.966. The fourth-order valence-corrected chi connectivity index (χ4v) is 2.27. The van der Waals surface area contributed by atoms with E-state index in [0.29, 0.717) is 15.7 Å². The Kier molecular flexibility index (Phi) is 3.92. The molecule has 2 aromatic carbocycles. The number of amides is 1. The lowest BCUT2D eigenvalue weighted by atomic mass is 10.1. The van der Waals surface area contributed by atoms with Crippen molar-refractivity contribution < 1.29 is 9.18 Å². The third-order valence-corrected chi connectivity index (χ3v) is 3.41. The maximum Gasteiger partial charge on any atom is 0.257 e. The lowest BCUT2D eigenvalue weighted by Gasteiger charge is -2.10. The number of aromatic nitrogens is 4. The first-order valence-corrected chi connectivity index (χ1v) is 7.03. The first kappa shape index (κ1) is 14.3. The van der Waals surface area contributed by atoms with E-state index < -0.39 is 11.7 Å². The molecular weight excluding hydrogens is 353 g/mol. The third kappa shape index (κ3) is 2.86. The van der Waals surface area contributed by atoms with Gasteiger partial charge in [0.2, 0.25) is 0 Å². The number of halogens is 2. The summed E-state index contributed by atoms with van der Waals surface area (Å²) in [5, 5.41) is 13.4. The monoisotopic (exact) mass is 361 g/mol. The van der Waals surface area contributed by atoms with Crippen molar-refractivity contribution in [2.45, 2.75) is 0 Å². The molecule has 0 aliphatic heterocycles. The van der Waals surface area contributed by atoms with E-state index in [1.165, 1.54) is 23.1 Å². The Bertz CT molecular complexity index is 822. The van der Waals surface area contributed by atoms with Crippen molar-refractivity contribution in [2.24, 2.45) is 0 Å². The van der Waals surface area contributed by atoms with E-state index >= 15 is 0 Å². The Morgan fingerprint density at radius 2 is 2.05 bits per heavy atom. The van der Waals surface area contributed by atoms with Gasteiger partial charge in [-0.2, -0.15) is 4.68 Å². The van der Waals surface area contributed by atoms with Crippen LogP contribution in [0, 0.1) is 5.82 Å². The average Bonchev–Trinajstić information content (AvgIpc) is 3.03. The van der Waals surface area contributed by atoms with Crippen LogP contribution in [0.2, 0.25) is 0 Å². The molecule has 1 N–H and O–H groups in total. The summed E-state index contributed by atoms with van der Waals surface area (Å²) in [6.45, 7) is 0. The van der Waals surface area contributed by atoms with Gasteiger partial charge in [0.25, 0.3) is 5.91 Å². The Balaban J connectivity index is 1.99. The number of nitrogens with zero attached hydrogens (tertiary/aromatic N) is 4. The topological polar surface area (TPSA) is 72.7 Å². The molecule has 110 valence electrons. The first-order valence-electron chi connectivity index (χ1n) is 6.24. The van der Waals surface area contributed by atoms with Crippen LogP contribution >= 0.6 is 15.9 Å². The zero-order chi connectivity index (χ0) is 15.5. The number of para-hydroxylation sites is 1. The van der Waals surface area contributed by atoms with Gasteiger partial charge < -0.3 is 5.32 Å². The number of carbonyl (C=O) groups excluding carboxylic acids is 1. The fourth-order valence-electron chi connectivity index (χ4n) is 1.91. The standard InChI is InChI=1S/C14H9BrFN5O/c15-9-5-6-13(21-8-17-19-20-21)10(7-9)14(22)18-12-4-2-1-3-11(12)16/h1-8H,(H,18,22). The minimum atomic E-state index is -0.505. The molecule has 0 fully saturated rings. The highest BCUT2D eigenvalue weighted by atomic mass is 79.9. The van der Waals surface area contributed by atoms with Crippen molar-refractivity contribution in [3.05, 3.63) is 64.6 Å². The zero-order valence-corrected chi connectivity index (χ0v) is 12.7. The highest BCUT2D eigenvalue weighted by molar-refractivity contribution is 9.10. The van der Waals surface area contributed by atoms with E-state index in [1.54, 1.807) is 30.3 Å². The van der Waals surface area contributed by atoms with Gasteiger partial charge in [-0.1, -0.05) is 28.1 Å². The number of rotatable bonds is 3. The molecule has 22 heavy (non-hydrogen) atoms. The van der Waals surface area contributed by atoms with Gasteiger partial charge in [0, 0.05) is 4.47 Å². The van der Waals surface area contributed by atoms with Crippen LogP contribution in [0.4, 0.5) is 10.1 Å². The number of nitrogens with one attached hydrogen (secondary N) is 1. The van der Waals surface area contributed by atoms with Gasteiger partial charge in [-0.25, -0.2) is 4.39 Å². The van der Waals surface area contributed by atoms with E-state index in [9.17, 15) is 9.18 Å². The molecule has 0 radical (unpaired) electrons. The van der Waals surface area contributed by atoms with E-state index in [-0.39, 0.29) is 5.69 Å². The summed E-state index contributed by atoms with van der Waals surface area (Å²) < 4.78 is 15.7. The van der Waals surface area contributed by atoms with Gasteiger partial charge >= 0.3 is 0 Å². The Hall–Kier alpha value is -2.61. The Morgan fingerprint density at radius 3 is 2.77 bits per heavy atom. The van der Waals surface area contributed by atoms with E-state index in [0.717, 1.165) is 0 Å². The van der Waals surface area contributed by atoms with Gasteiger partial charge in [-0.3, -0.25) is 4.79 Å². The van der Waals surface area contributed by atoms with Crippen LogP contribution < -0.4 is 5.32 Å². The first-order chi connectivity index (χ1) is 10.6. The van der Waals surface area contributed by atoms with Crippen molar-refractivity contribution >= 4 is 27.5 Å². The molecular formula is C14H9BrFN5O. The molecule has 6 nitrogen and oxygen atoms in total. The molecule has 0 bridgehead atoms. The second-order valence-corrected chi connectivity index (χ2v) is 5.27. The van der Waals surface area contributed by atoms with Crippen molar-refractivity contribution in [3.63, 3.8) is 0 Å². The largest absolute Gasteiger partial charge is 0.319 e. The third-order valence-electron chi connectivity index (χ3n) is 2.92. The summed E-state index contributed by atoms with van der Waals surface area (Å²) in [6, 6.07) is 11.0. The quantitative estimate of drug-likeness (QED) is 0.778. The lowest BCUT2D eigenvalue weighted by Crippen LogP contribution is -2.16. The van der Waals surface area contributed by atoms with Crippen LogP contribution in [-0.2, 0) is 0 Å². The molecule has 0 aliphatic rings. The molecule has 0 spiro atoms. The van der Waals surface area contributed by atoms with Crippen LogP contribution in [0.15, 0.2) is 53.3 Å². The molecule has 0 unspecified atom stereocenters. The van der Waals surface area contributed by atoms with Crippen LogP contribution in [0.1, 0.15) is 10.4 Å². The minimum Gasteiger partial charge on any atom is -0.319 e. The van der Waals surface area contributed by atoms with Gasteiger partial charge in [0.1, 0.15) is 12.1 Å². The fraction of sp³-hybridized carbons (Fsp3) is 0. The molecule has 8 heteroatoms. The number of tetrazole rings is 1. The number of hydrogen-bond acceptors (Lipinski definition) is 4. The molecule has 0 saturated carbocycles. The van der Waals surface area contributed by atoms with Crippen molar-refractivity contribution in [2.75, 3.05) is 5.32 Å². The number of anilines is 1. The maximum absolute atomic E-state index is 13.7. The summed E-state index contributed by atoms with van der Waals surface area (Å²) >= 11 is 3.31. The van der Waals surface area contributed by atoms with Gasteiger partial charge in [0.15, 0.2) is 0 Å². The van der Waals surface area contributed by atoms with Gasteiger partial charge in [-0.05, 0) is 40.8 Å². The van der Waals surface area contributed by atoms with Crippen LogP contribution in [0.25, 0.3) is 5.69 Å². The molecule has 3 rings (SSSR count). The summed E-state index contributed by atoms with van der Waals surface area (Å²) in [4.78, 5) is 12.5. The van der Waals surface area contributed by atoms with Crippen molar-refractivity contribution in [1.82, 2.24) is 20.2 Å². The minimum absolute atomic E-state index is 0.107. The van der Waals surface area contributed by atoms with Gasteiger partial charge in [-0.15, -0.1) is 5.10 Å². The predicted molar refractivity (Wildman–Crippen MR) is 81.2 cm³/mol. The van der Waals surface area contributed by atoms with Crippen molar-refractivity contribution in [3.8, 4) is 5.69 Å².